The zero-order valence-electron chi connectivity index (χ0n) is 12.8. The lowest BCUT2D eigenvalue weighted by atomic mass is 10.2. The van der Waals surface area contributed by atoms with Crippen LogP contribution in [0.5, 0.6) is 0 Å². The molecule has 1 aliphatic rings. The molecular weight excluding hydrogens is 302 g/mol. The fourth-order valence-corrected chi connectivity index (χ4v) is 2.68. The second-order valence-electron chi connectivity index (χ2n) is 5.71. The number of amides is 2. The lowest BCUT2D eigenvalue weighted by Gasteiger charge is -2.23. The second kappa shape index (κ2) is 7.61. The highest BCUT2D eigenvalue weighted by atomic mass is 35.5. The Balaban J connectivity index is 1.96. The van der Waals surface area contributed by atoms with Crippen LogP contribution in [0.3, 0.4) is 0 Å². The van der Waals surface area contributed by atoms with E-state index >= 15 is 0 Å². The highest BCUT2D eigenvalue weighted by Crippen LogP contribution is 2.13. The first kappa shape index (κ1) is 16.8. The zero-order chi connectivity index (χ0) is 16.1. The molecule has 1 aromatic carbocycles. The first-order valence-electron chi connectivity index (χ1n) is 7.55. The molecule has 0 bridgehead atoms. The number of halogens is 1. The van der Waals surface area contributed by atoms with Crippen molar-refractivity contribution in [2.75, 3.05) is 26.2 Å². The molecule has 0 spiro atoms. The Morgan fingerprint density at radius 3 is 2.36 bits per heavy atom. The summed E-state index contributed by atoms with van der Waals surface area (Å²) in [4.78, 5) is 28.1. The van der Waals surface area contributed by atoms with Crippen LogP contribution in [0, 0.1) is 0 Å². The highest BCUT2D eigenvalue weighted by Gasteiger charge is 2.23. The normalized spacial score (nSPS) is 17.0. The van der Waals surface area contributed by atoms with Crippen LogP contribution in [0.15, 0.2) is 24.3 Å². The van der Waals surface area contributed by atoms with E-state index < -0.39 is 0 Å². The summed E-state index contributed by atoms with van der Waals surface area (Å²) < 4.78 is 0. The van der Waals surface area contributed by atoms with Gasteiger partial charge < -0.3 is 15.5 Å². The van der Waals surface area contributed by atoms with Crippen LogP contribution >= 0.6 is 11.6 Å². The summed E-state index contributed by atoms with van der Waals surface area (Å²) in [6.07, 6.45) is 1.13. The number of hydrogen-bond donors (Lipinski definition) is 1. The average Bonchev–Trinajstić information content (AvgIpc) is 2.72. The third-order valence-electron chi connectivity index (χ3n) is 3.72. The van der Waals surface area contributed by atoms with Crippen molar-refractivity contribution in [2.45, 2.75) is 25.8 Å². The van der Waals surface area contributed by atoms with Gasteiger partial charge in [-0.3, -0.25) is 9.59 Å². The van der Waals surface area contributed by atoms with Gasteiger partial charge in [0, 0.05) is 49.2 Å². The van der Waals surface area contributed by atoms with Crippen LogP contribution in [0.4, 0.5) is 0 Å². The van der Waals surface area contributed by atoms with Crippen molar-refractivity contribution >= 4 is 23.4 Å². The van der Waals surface area contributed by atoms with Gasteiger partial charge in [-0.1, -0.05) is 11.6 Å². The van der Waals surface area contributed by atoms with Crippen molar-refractivity contribution in [1.82, 2.24) is 9.80 Å². The SMILES string of the molecule is CC(N)CC(=O)N1CCCN(C(=O)c2ccc(Cl)cc2)CC1. The topological polar surface area (TPSA) is 66.6 Å². The van der Waals surface area contributed by atoms with E-state index in [-0.39, 0.29) is 17.9 Å². The molecule has 1 aliphatic heterocycles. The quantitative estimate of drug-likeness (QED) is 0.921. The second-order valence-corrected chi connectivity index (χ2v) is 6.15. The van der Waals surface area contributed by atoms with Crippen LogP contribution in [0.1, 0.15) is 30.1 Å². The van der Waals surface area contributed by atoms with Crippen molar-refractivity contribution in [3.63, 3.8) is 0 Å². The number of benzene rings is 1. The lowest BCUT2D eigenvalue weighted by molar-refractivity contribution is -0.131. The Morgan fingerprint density at radius 1 is 1.14 bits per heavy atom. The number of nitrogens with two attached hydrogens (primary N) is 1. The third-order valence-corrected chi connectivity index (χ3v) is 3.98. The van der Waals surface area contributed by atoms with Gasteiger partial charge in [-0.2, -0.15) is 0 Å². The van der Waals surface area contributed by atoms with Crippen molar-refractivity contribution < 1.29 is 9.59 Å². The summed E-state index contributed by atoms with van der Waals surface area (Å²) in [5.41, 5.74) is 6.30. The monoisotopic (exact) mass is 323 g/mol. The van der Waals surface area contributed by atoms with Crippen molar-refractivity contribution in [3.8, 4) is 0 Å². The number of hydrogen-bond acceptors (Lipinski definition) is 3. The molecule has 1 unspecified atom stereocenters. The van der Waals surface area contributed by atoms with E-state index in [4.69, 9.17) is 17.3 Å². The van der Waals surface area contributed by atoms with Crippen molar-refractivity contribution in [1.29, 1.82) is 0 Å². The zero-order valence-corrected chi connectivity index (χ0v) is 13.6. The molecule has 1 fully saturated rings. The van der Waals surface area contributed by atoms with E-state index in [0.717, 1.165) is 6.42 Å². The summed E-state index contributed by atoms with van der Waals surface area (Å²) in [5, 5.41) is 0.611. The van der Waals surface area contributed by atoms with Gasteiger partial charge in [0.15, 0.2) is 0 Å². The van der Waals surface area contributed by atoms with Crippen LogP contribution < -0.4 is 5.73 Å². The Hall–Kier alpha value is -1.59. The summed E-state index contributed by atoms with van der Waals surface area (Å²) in [6, 6.07) is 6.75. The number of rotatable bonds is 3. The molecule has 1 aromatic rings. The number of carbonyl (C=O) groups excluding carboxylic acids is 2. The summed E-state index contributed by atoms with van der Waals surface area (Å²) in [6.45, 7) is 4.27. The maximum Gasteiger partial charge on any atom is 0.253 e. The molecule has 0 aliphatic carbocycles. The first-order chi connectivity index (χ1) is 10.5. The largest absolute Gasteiger partial charge is 0.341 e. The minimum absolute atomic E-state index is 0.0156. The molecule has 5 nitrogen and oxygen atoms in total. The molecule has 0 aromatic heterocycles. The minimum Gasteiger partial charge on any atom is -0.341 e. The van der Waals surface area contributed by atoms with Crippen molar-refractivity contribution in [2.24, 2.45) is 5.73 Å². The smallest absolute Gasteiger partial charge is 0.253 e. The van der Waals surface area contributed by atoms with Gasteiger partial charge in [-0.05, 0) is 37.6 Å². The molecule has 2 N–H and O–H groups in total. The molecule has 120 valence electrons. The Labute approximate surface area is 136 Å². The van der Waals surface area contributed by atoms with Crippen LogP contribution in [-0.2, 0) is 4.79 Å². The van der Waals surface area contributed by atoms with E-state index in [1.54, 1.807) is 34.1 Å². The molecule has 0 saturated carbocycles. The van der Waals surface area contributed by atoms with E-state index in [1.165, 1.54) is 0 Å². The molecular formula is C16H22ClN3O2. The van der Waals surface area contributed by atoms with Gasteiger partial charge in [-0.25, -0.2) is 0 Å². The fourth-order valence-electron chi connectivity index (χ4n) is 2.55. The van der Waals surface area contributed by atoms with Crippen molar-refractivity contribution in [3.05, 3.63) is 34.9 Å². The van der Waals surface area contributed by atoms with E-state index in [9.17, 15) is 9.59 Å². The Kier molecular flexibility index (Phi) is 5.80. The number of nitrogens with zero attached hydrogens (tertiary/aromatic N) is 2. The maximum atomic E-state index is 12.5. The molecule has 22 heavy (non-hydrogen) atoms. The molecule has 2 amide bonds. The van der Waals surface area contributed by atoms with Gasteiger partial charge >= 0.3 is 0 Å². The predicted octanol–water partition coefficient (Wildman–Crippen LogP) is 1.75. The average molecular weight is 324 g/mol. The predicted molar refractivity (Wildman–Crippen MR) is 86.8 cm³/mol. The molecule has 1 saturated heterocycles. The number of carbonyl (C=O) groups is 2. The summed E-state index contributed by atoms with van der Waals surface area (Å²) in [5.74, 6) is 0.0500. The van der Waals surface area contributed by atoms with Crippen LogP contribution in [0.25, 0.3) is 0 Å². The molecule has 6 heteroatoms. The van der Waals surface area contributed by atoms with Gasteiger partial charge in [0.2, 0.25) is 5.91 Å². The molecule has 1 atom stereocenters. The Morgan fingerprint density at radius 2 is 1.73 bits per heavy atom. The van der Waals surface area contributed by atoms with Gasteiger partial charge in [-0.15, -0.1) is 0 Å². The standard InChI is InChI=1S/C16H22ClN3O2/c1-12(18)11-15(21)19-7-2-8-20(10-9-19)16(22)13-3-5-14(17)6-4-13/h3-6,12H,2,7-11,18H2,1H3. The fraction of sp³-hybridized carbons (Fsp3) is 0.500. The summed E-state index contributed by atoms with van der Waals surface area (Å²) in [7, 11) is 0. The molecule has 0 radical (unpaired) electrons. The van der Waals surface area contributed by atoms with Gasteiger partial charge in [0.05, 0.1) is 0 Å². The minimum atomic E-state index is -0.137. The van der Waals surface area contributed by atoms with E-state index in [0.29, 0.717) is 43.2 Å². The first-order valence-corrected chi connectivity index (χ1v) is 7.93. The van der Waals surface area contributed by atoms with E-state index in [2.05, 4.69) is 0 Å². The lowest BCUT2D eigenvalue weighted by Crippen LogP contribution is -2.39. The Bertz CT molecular complexity index is 531. The third kappa shape index (κ3) is 4.45. The van der Waals surface area contributed by atoms with Gasteiger partial charge in [0.25, 0.3) is 5.91 Å². The maximum absolute atomic E-state index is 12.5. The van der Waals surface area contributed by atoms with E-state index in [1.807, 2.05) is 6.92 Å². The van der Waals surface area contributed by atoms with Crippen LogP contribution in [-0.4, -0.2) is 53.8 Å². The van der Waals surface area contributed by atoms with Gasteiger partial charge in [0.1, 0.15) is 0 Å². The molecule has 2 rings (SSSR count). The highest BCUT2D eigenvalue weighted by molar-refractivity contribution is 6.30. The summed E-state index contributed by atoms with van der Waals surface area (Å²) >= 11 is 5.84. The molecule has 1 heterocycles. The van der Waals surface area contributed by atoms with Crippen LogP contribution in [0.2, 0.25) is 5.02 Å².